The Labute approximate surface area is 106 Å². The van der Waals surface area contributed by atoms with Gasteiger partial charge in [-0.3, -0.25) is 9.48 Å². The van der Waals surface area contributed by atoms with Gasteiger partial charge in [0.25, 0.3) is 0 Å². The van der Waals surface area contributed by atoms with E-state index in [0.717, 1.165) is 12.8 Å². The second kappa shape index (κ2) is 5.66. The molecular formula is C12H17N3O3. The van der Waals surface area contributed by atoms with Crippen molar-refractivity contribution in [3.8, 4) is 0 Å². The van der Waals surface area contributed by atoms with E-state index in [2.05, 4.69) is 5.10 Å². The molecule has 0 radical (unpaired) electrons. The Balaban J connectivity index is 2.04. The molecule has 6 heteroatoms. The molecule has 0 saturated carbocycles. The van der Waals surface area contributed by atoms with E-state index >= 15 is 0 Å². The zero-order valence-corrected chi connectivity index (χ0v) is 10.4. The molecule has 1 aliphatic heterocycles. The summed E-state index contributed by atoms with van der Waals surface area (Å²) < 4.78 is 6.31. The van der Waals surface area contributed by atoms with Crippen molar-refractivity contribution in [3.05, 3.63) is 18.5 Å². The first-order chi connectivity index (χ1) is 8.72. The largest absolute Gasteiger partial charge is 0.467 e. The van der Waals surface area contributed by atoms with E-state index in [1.165, 1.54) is 7.11 Å². The van der Waals surface area contributed by atoms with Crippen LogP contribution in [-0.2, 0) is 20.9 Å². The van der Waals surface area contributed by atoms with Crippen molar-refractivity contribution in [2.75, 3.05) is 13.7 Å². The fourth-order valence-corrected chi connectivity index (χ4v) is 2.23. The van der Waals surface area contributed by atoms with Crippen LogP contribution in [0, 0.1) is 0 Å². The predicted octanol–water partition coefficient (Wildman–Crippen LogP) is 0.437. The summed E-state index contributed by atoms with van der Waals surface area (Å²) in [6, 6.07) is 1.33. The van der Waals surface area contributed by atoms with Crippen molar-refractivity contribution in [1.29, 1.82) is 0 Å². The first kappa shape index (κ1) is 12.6. The van der Waals surface area contributed by atoms with Crippen LogP contribution in [0.2, 0.25) is 0 Å². The maximum atomic E-state index is 12.2. The third-order valence-corrected chi connectivity index (χ3v) is 3.15. The predicted molar refractivity (Wildman–Crippen MR) is 63.6 cm³/mol. The summed E-state index contributed by atoms with van der Waals surface area (Å²) in [5, 5.41) is 3.99. The molecule has 0 aliphatic carbocycles. The standard InChI is InChI=1S/C12H17N3O3/c1-18-12(17)10-5-2-3-8-15(10)11(16)9-14-7-4-6-13-14/h4,6-7,10H,2-3,5,8-9H2,1H3/t10-/m1/s1. The average molecular weight is 251 g/mol. The van der Waals surface area contributed by atoms with E-state index in [1.807, 2.05) is 0 Å². The van der Waals surface area contributed by atoms with Gasteiger partial charge in [0.1, 0.15) is 12.6 Å². The van der Waals surface area contributed by atoms with Gasteiger partial charge in [-0.15, -0.1) is 0 Å². The summed E-state index contributed by atoms with van der Waals surface area (Å²) in [7, 11) is 1.35. The summed E-state index contributed by atoms with van der Waals surface area (Å²) >= 11 is 0. The highest BCUT2D eigenvalue weighted by Crippen LogP contribution is 2.18. The summed E-state index contributed by atoms with van der Waals surface area (Å²) in [6.07, 6.45) is 5.91. The fourth-order valence-electron chi connectivity index (χ4n) is 2.23. The summed E-state index contributed by atoms with van der Waals surface area (Å²) in [6.45, 7) is 0.778. The van der Waals surface area contributed by atoms with Crippen LogP contribution in [0.4, 0.5) is 0 Å². The molecule has 0 spiro atoms. The number of rotatable bonds is 3. The molecule has 1 amide bonds. The topological polar surface area (TPSA) is 64.4 Å². The van der Waals surface area contributed by atoms with Gasteiger partial charge in [0.2, 0.25) is 5.91 Å². The number of ether oxygens (including phenoxy) is 1. The van der Waals surface area contributed by atoms with Crippen molar-refractivity contribution < 1.29 is 14.3 Å². The smallest absolute Gasteiger partial charge is 0.328 e. The van der Waals surface area contributed by atoms with Crippen LogP contribution in [0.15, 0.2) is 18.5 Å². The van der Waals surface area contributed by atoms with Crippen LogP contribution < -0.4 is 0 Å². The van der Waals surface area contributed by atoms with Crippen LogP contribution in [0.25, 0.3) is 0 Å². The molecule has 6 nitrogen and oxygen atoms in total. The number of hydrogen-bond donors (Lipinski definition) is 0. The third-order valence-electron chi connectivity index (χ3n) is 3.15. The lowest BCUT2D eigenvalue weighted by atomic mass is 10.0. The van der Waals surface area contributed by atoms with E-state index in [1.54, 1.807) is 28.0 Å². The second-order valence-corrected chi connectivity index (χ2v) is 4.33. The molecule has 1 aliphatic rings. The van der Waals surface area contributed by atoms with Gasteiger partial charge in [-0.1, -0.05) is 0 Å². The lowest BCUT2D eigenvalue weighted by molar-refractivity contribution is -0.155. The number of piperidine rings is 1. The van der Waals surface area contributed by atoms with Crippen molar-refractivity contribution in [2.24, 2.45) is 0 Å². The Kier molecular flexibility index (Phi) is 3.96. The molecule has 1 atom stereocenters. The van der Waals surface area contributed by atoms with Crippen LogP contribution >= 0.6 is 0 Å². The fraction of sp³-hybridized carbons (Fsp3) is 0.583. The highest BCUT2D eigenvalue weighted by Gasteiger charge is 2.32. The molecule has 2 rings (SSSR count). The number of likely N-dealkylation sites (tertiary alicyclic amines) is 1. The Hall–Kier alpha value is -1.85. The van der Waals surface area contributed by atoms with Gasteiger partial charge < -0.3 is 9.64 Å². The monoisotopic (exact) mass is 251 g/mol. The maximum Gasteiger partial charge on any atom is 0.328 e. The molecule has 98 valence electrons. The highest BCUT2D eigenvalue weighted by atomic mass is 16.5. The first-order valence-corrected chi connectivity index (χ1v) is 6.07. The third kappa shape index (κ3) is 2.69. The Morgan fingerprint density at radius 3 is 2.94 bits per heavy atom. The number of carbonyl (C=O) groups excluding carboxylic acids is 2. The molecule has 0 N–H and O–H groups in total. The molecule has 0 aromatic carbocycles. The SMILES string of the molecule is COC(=O)[C@H]1CCCCN1C(=O)Cn1cccn1. The van der Waals surface area contributed by atoms with Gasteiger partial charge >= 0.3 is 5.97 Å². The number of esters is 1. The molecule has 0 bridgehead atoms. The van der Waals surface area contributed by atoms with E-state index < -0.39 is 6.04 Å². The number of amides is 1. The van der Waals surface area contributed by atoms with Gasteiger partial charge in [0.15, 0.2) is 0 Å². The Bertz CT molecular complexity index is 416. The number of hydrogen-bond acceptors (Lipinski definition) is 4. The zero-order valence-electron chi connectivity index (χ0n) is 10.4. The van der Waals surface area contributed by atoms with Crippen molar-refractivity contribution in [1.82, 2.24) is 14.7 Å². The molecule has 1 fully saturated rings. The summed E-state index contributed by atoms with van der Waals surface area (Å²) in [5.74, 6) is -0.419. The van der Waals surface area contributed by atoms with E-state index in [4.69, 9.17) is 4.74 Å². The highest BCUT2D eigenvalue weighted by molar-refractivity contribution is 5.84. The van der Waals surface area contributed by atoms with Crippen molar-refractivity contribution in [3.63, 3.8) is 0 Å². The van der Waals surface area contributed by atoms with Crippen molar-refractivity contribution >= 4 is 11.9 Å². The second-order valence-electron chi connectivity index (χ2n) is 4.33. The normalized spacial score (nSPS) is 19.6. The lowest BCUT2D eigenvalue weighted by Crippen LogP contribution is -2.49. The first-order valence-electron chi connectivity index (χ1n) is 6.07. The Morgan fingerprint density at radius 1 is 1.44 bits per heavy atom. The number of carbonyl (C=O) groups is 2. The van der Waals surface area contributed by atoms with Gasteiger partial charge in [0.05, 0.1) is 7.11 Å². The van der Waals surface area contributed by atoms with Crippen molar-refractivity contribution in [2.45, 2.75) is 31.8 Å². The molecule has 1 aromatic rings. The zero-order chi connectivity index (χ0) is 13.0. The van der Waals surface area contributed by atoms with E-state index in [0.29, 0.717) is 13.0 Å². The molecular weight excluding hydrogens is 234 g/mol. The van der Waals surface area contributed by atoms with Crippen LogP contribution in [0.5, 0.6) is 0 Å². The van der Waals surface area contributed by atoms with Gasteiger partial charge in [-0.05, 0) is 25.3 Å². The molecule has 1 saturated heterocycles. The van der Waals surface area contributed by atoms with Gasteiger partial charge in [-0.25, -0.2) is 4.79 Å². The van der Waals surface area contributed by atoms with Crippen LogP contribution in [0.3, 0.4) is 0 Å². The lowest BCUT2D eigenvalue weighted by Gasteiger charge is -2.33. The minimum atomic E-state index is -0.438. The van der Waals surface area contributed by atoms with Gasteiger partial charge in [-0.2, -0.15) is 5.10 Å². The molecule has 0 unspecified atom stereocenters. The minimum Gasteiger partial charge on any atom is -0.467 e. The molecule has 2 heterocycles. The number of nitrogens with zero attached hydrogens (tertiary/aromatic N) is 3. The molecule has 18 heavy (non-hydrogen) atoms. The number of methoxy groups -OCH3 is 1. The van der Waals surface area contributed by atoms with Gasteiger partial charge in [0, 0.05) is 18.9 Å². The average Bonchev–Trinajstić information content (AvgIpc) is 2.90. The summed E-state index contributed by atoms with van der Waals surface area (Å²) in [5.41, 5.74) is 0. The minimum absolute atomic E-state index is 0.0891. The number of aromatic nitrogens is 2. The maximum absolute atomic E-state index is 12.2. The Morgan fingerprint density at radius 2 is 2.28 bits per heavy atom. The van der Waals surface area contributed by atoms with E-state index in [9.17, 15) is 9.59 Å². The quantitative estimate of drug-likeness (QED) is 0.731. The van der Waals surface area contributed by atoms with E-state index in [-0.39, 0.29) is 18.4 Å². The summed E-state index contributed by atoms with van der Waals surface area (Å²) in [4.78, 5) is 25.4. The van der Waals surface area contributed by atoms with Crippen LogP contribution in [-0.4, -0.2) is 46.3 Å². The van der Waals surface area contributed by atoms with Crippen LogP contribution in [0.1, 0.15) is 19.3 Å². The molecule has 1 aromatic heterocycles.